The lowest BCUT2D eigenvalue weighted by atomic mass is 9.98. The van der Waals surface area contributed by atoms with Crippen molar-refractivity contribution in [3.8, 4) is 0 Å². The Hall–Kier alpha value is -3.58. The van der Waals surface area contributed by atoms with E-state index >= 15 is 0 Å². The summed E-state index contributed by atoms with van der Waals surface area (Å²) in [5, 5.41) is 31.3. The summed E-state index contributed by atoms with van der Waals surface area (Å²) >= 11 is 0. The van der Waals surface area contributed by atoms with Gasteiger partial charge in [-0.25, -0.2) is 4.79 Å². The third kappa shape index (κ3) is 34.4. The second-order valence-corrected chi connectivity index (χ2v) is 17.8. The lowest BCUT2D eigenvalue weighted by Gasteiger charge is -2.40. The summed E-state index contributed by atoms with van der Waals surface area (Å²) in [6, 6.07) is 0. The van der Waals surface area contributed by atoms with E-state index in [0.29, 0.717) is 19.3 Å². The molecule has 1 fully saturated rings. The van der Waals surface area contributed by atoms with E-state index in [1.165, 1.54) is 25.7 Å². The Labute approximate surface area is 405 Å². The normalized spacial score (nSPS) is 19.3. The zero-order valence-electron chi connectivity index (χ0n) is 41.9. The molecule has 1 aliphatic rings. The summed E-state index contributed by atoms with van der Waals surface area (Å²) in [4.78, 5) is 50.8. The number of rotatable bonds is 43. The Balaban J connectivity index is 2.74. The first kappa shape index (κ1) is 61.4. The predicted octanol–water partition coefficient (Wildman–Crippen LogP) is 12.4. The van der Waals surface area contributed by atoms with Crippen LogP contribution in [0.15, 0.2) is 60.8 Å². The van der Waals surface area contributed by atoms with Gasteiger partial charge in [0.2, 0.25) is 0 Å². The molecule has 0 spiro atoms. The van der Waals surface area contributed by atoms with E-state index in [1.54, 1.807) is 0 Å². The van der Waals surface area contributed by atoms with E-state index in [-0.39, 0.29) is 25.9 Å². The van der Waals surface area contributed by atoms with E-state index in [0.717, 1.165) is 128 Å². The van der Waals surface area contributed by atoms with Gasteiger partial charge in [0, 0.05) is 19.3 Å². The molecule has 1 aliphatic heterocycles. The molecule has 0 aromatic carbocycles. The summed E-state index contributed by atoms with van der Waals surface area (Å²) in [6.07, 6.45) is 39.3. The number of hydrogen-bond donors (Lipinski definition) is 3. The first-order chi connectivity index (χ1) is 32.6. The van der Waals surface area contributed by atoms with Crippen LogP contribution in [0.4, 0.5) is 0 Å². The molecular formula is C55H92O12. The molecule has 0 aromatic rings. The molecule has 12 nitrogen and oxygen atoms in total. The molecule has 0 aliphatic carbocycles. The molecule has 1 heterocycles. The molecule has 1 saturated heterocycles. The predicted molar refractivity (Wildman–Crippen MR) is 266 cm³/mol. The van der Waals surface area contributed by atoms with E-state index in [4.69, 9.17) is 23.7 Å². The average molecular weight is 945 g/mol. The van der Waals surface area contributed by atoms with Crippen LogP contribution in [0.25, 0.3) is 0 Å². The van der Waals surface area contributed by atoms with Gasteiger partial charge in [-0.1, -0.05) is 178 Å². The van der Waals surface area contributed by atoms with E-state index in [1.807, 2.05) is 0 Å². The highest BCUT2D eigenvalue weighted by atomic mass is 16.7. The van der Waals surface area contributed by atoms with Crippen LogP contribution in [-0.4, -0.2) is 89.2 Å². The van der Waals surface area contributed by atoms with Crippen LogP contribution < -0.4 is 0 Å². The topological polar surface area (TPSA) is 175 Å². The quantitative estimate of drug-likeness (QED) is 0.0229. The van der Waals surface area contributed by atoms with Crippen LogP contribution in [-0.2, 0) is 42.9 Å². The van der Waals surface area contributed by atoms with E-state index in [9.17, 15) is 34.5 Å². The van der Waals surface area contributed by atoms with Crippen molar-refractivity contribution in [2.24, 2.45) is 0 Å². The minimum absolute atomic E-state index is 0.0572. The SMILES string of the molecule is CC/C=C\C/C=C\C/C=C\CCCCCCCC(=O)OCC(COC1OC(C(=O)O)C(O)C(O)C1OC(=O)CCCCCCCCCCC)OC(=O)CCCCCCC/C=C\C/C=C\CCC. The van der Waals surface area contributed by atoms with Crippen molar-refractivity contribution in [1.82, 2.24) is 0 Å². The Morgan fingerprint density at radius 3 is 1.49 bits per heavy atom. The molecule has 0 bridgehead atoms. The number of carboxylic acid groups (broad SMARTS) is 1. The van der Waals surface area contributed by atoms with Crippen molar-refractivity contribution in [3.63, 3.8) is 0 Å². The number of carbonyl (C=O) groups is 4. The summed E-state index contributed by atoms with van der Waals surface area (Å²) in [5.74, 6) is -3.16. The number of unbranched alkanes of at least 4 members (excludes halogenated alkanes) is 19. The van der Waals surface area contributed by atoms with Crippen LogP contribution in [0.5, 0.6) is 0 Å². The first-order valence-corrected chi connectivity index (χ1v) is 26.3. The number of ether oxygens (including phenoxy) is 5. The monoisotopic (exact) mass is 945 g/mol. The third-order valence-corrected chi connectivity index (χ3v) is 11.6. The highest BCUT2D eigenvalue weighted by Gasteiger charge is 2.50. The summed E-state index contributed by atoms with van der Waals surface area (Å²) in [7, 11) is 0. The van der Waals surface area contributed by atoms with Gasteiger partial charge in [0.15, 0.2) is 24.6 Å². The minimum Gasteiger partial charge on any atom is -0.479 e. The standard InChI is InChI=1S/C55H92O12/c1-4-7-10-13-16-19-21-23-24-26-27-30-32-35-38-41-47(56)63-44-46(65-48(57)42-39-36-34-31-28-25-22-20-17-14-11-8-5-2)45-64-55-53(51(60)50(59)52(67-55)54(61)62)66-49(58)43-40-37-33-29-18-15-12-9-6-3/h7,10-11,14,16,19-20,22-24,46,50-53,55,59-60H,4-6,8-9,12-13,15,17-18,21,25-45H2,1-3H3,(H,61,62)/b10-7-,14-11-,19-16-,22-20-,24-23-. The Morgan fingerprint density at radius 2 is 0.970 bits per heavy atom. The van der Waals surface area contributed by atoms with Gasteiger partial charge in [0.25, 0.3) is 0 Å². The molecule has 0 radical (unpaired) electrons. The Bertz CT molecular complexity index is 1400. The van der Waals surface area contributed by atoms with Crippen molar-refractivity contribution in [1.29, 1.82) is 0 Å². The van der Waals surface area contributed by atoms with Gasteiger partial charge in [-0.2, -0.15) is 0 Å². The number of allylic oxidation sites excluding steroid dienone is 10. The molecule has 0 saturated carbocycles. The van der Waals surface area contributed by atoms with Gasteiger partial charge in [-0.05, 0) is 77.0 Å². The summed E-state index contributed by atoms with van der Waals surface area (Å²) in [5.41, 5.74) is 0. The molecular weight excluding hydrogens is 853 g/mol. The third-order valence-electron chi connectivity index (χ3n) is 11.6. The van der Waals surface area contributed by atoms with Crippen LogP contribution >= 0.6 is 0 Å². The number of hydrogen-bond acceptors (Lipinski definition) is 11. The number of esters is 3. The second-order valence-electron chi connectivity index (χ2n) is 17.8. The molecule has 6 atom stereocenters. The van der Waals surface area contributed by atoms with Crippen molar-refractivity contribution < 1.29 is 58.2 Å². The molecule has 12 heteroatoms. The fraction of sp³-hybridized carbons (Fsp3) is 0.745. The maximum absolute atomic E-state index is 13.1. The zero-order chi connectivity index (χ0) is 49.0. The van der Waals surface area contributed by atoms with Gasteiger partial charge in [0.05, 0.1) is 6.61 Å². The van der Waals surface area contributed by atoms with Gasteiger partial charge < -0.3 is 39.0 Å². The molecule has 67 heavy (non-hydrogen) atoms. The lowest BCUT2D eigenvalue weighted by molar-refractivity contribution is -0.301. The average Bonchev–Trinajstić information content (AvgIpc) is 3.31. The van der Waals surface area contributed by atoms with Crippen molar-refractivity contribution in [3.05, 3.63) is 60.8 Å². The first-order valence-electron chi connectivity index (χ1n) is 26.3. The highest BCUT2D eigenvalue weighted by Crippen LogP contribution is 2.26. The van der Waals surface area contributed by atoms with Crippen LogP contribution in [0.3, 0.4) is 0 Å². The number of aliphatic hydroxyl groups excluding tert-OH is 2. The lowest BCUT2D eigenvalue weighted by Crippen LogP contribution is -2.61. The minimum atomic E-state index is -1.90. The van der Waals surface area contributed by atoms with Crippen molar-refractivity contribution in [2.75, 3.05) is 13.2 Å². The molecule has 0 amide bonds. The van der Waals surface area contributed by atoms with E-state index < -0.39 is 67.3 Å². The number of carboxylic acids is 1. The number of aliphatic carboxylic acids is 1. The zero-order valence-corrected chi connectivity index (χ0v) is 41.9. The maximum atomic E-state index is 13.1. The fourth-order valence-corrected chi connectivity index (χ4v) is 7.54. The smallest absolute Gasteiger partial charge is 0.335 e. The van der Waals surface area contributed by atoms with Gasteiger partial charge in [0.1, 0.15) is 18.8 Å². The van der Waals surface area contributed by atoms with Gasteiger partial charge in [-0.15, -0.1) is 0 Å². The molecule has 0 aromatic heterocycles. The van der Waals surface area contributed by atoms with Gasteiger partial charge >= 0.3 is 23.9 Å². The number of carbonyl (C=O) groups excluding carboxylic acids is 3. The van der Waals surface area contributed by atoms with Crippen LogP contribution in [0, 0.1) is 0 Å². The van der Waals surface area contributed by atoms with Gasteiger partial charge in [-0.3, -0.25) is 14.4 Å². The Kier molecular flexibility index (Phi) is 40.1. The van der Waals surface area contributed by atoms with E-state index in [2.05, 4.69) is 81.5 Å². The van der Waals surface area contributed by atoms with Crippen molar-refractivity contribution >= 4 is 23.9 Å². The molecule has 3 N–H and O–H groups in total. The molecule has 6 unspecified atom stereocenters. The second kappa shape index (κ2) is 43.7. The largest absolute Gasteiger partial charge is 0.479 e. The van der Waals surface area contributed by atoms with Crippen molar-refractivity contribution in [2.45, 2.75) is 250 Å². The summed E-state index contributed by atoms with van der Waals surface area (Å²) in [6.45, 7) is 5.73. The summed E-state index contributed by atoms with van der Waals surface area (Å²) < 4.78 is 28.2. The molecule has 1 rings (SSSR count). The number of aliphatic hydroxyl groups is 2. The maximum Gasteiger partial charge on any atom is 0.335 e. The van der Waals surface area contributed by atoms with Crippen LogP contribution in [0.2, 0.25) is 0 Å². The fourth-order valence-electron chi connectivity index (χ4n) is 7.54. The Morgan fingerprint density at radius 1 is 0.507 bits per heavy atom. The van der Waals surface area contributed by atoms with Crippen LogP contribution in [0.1, 0.15) is 213 Å². The molecule has 384 valence electrons. The highest BCUT2D eigenvalue weighted by molar-refractivity contribution is 5.74.